The summed E-state index contributed by atoms with van der Waals surface area (Å²) < 4.78 is 5.89. The molecule has 0 saturated heterocycles. The van der Waals surface area contributed by atoms with Gasteiger partial charge < -0.3 is 20.3 Å². The molecule has 0 bridgehead atoms. The van der Waals surface area contributed by atoms with E-state index in [2.05, 4.69) is 111 Å². The number of rotatable bonds is 44. The highest BCUT2D eigenvalue weighted by Crippen LogP contribution is 2.17. The molecule has 0 aliphatic rings. The molecule has 0 aliphatic carbocycles. The number of aliphatic hydroxyl groups is 2. The van der Waals surface area contributed by atoms with E-state index in [1.807, 2.05) is 0 Å². The maximum absolute atomic E-state index is 13.2. The Morgan fingerprint density at radius 3 is 1.46 bits per heavy atom. The molecule has 350 valence electrons. The summed E-state index contributed by atoms with van der Waals surface area (Å²) in [7, 11) is 0. The molecule has 0 aliphatic heterocycles. The van der Waals surface area contributed by atoms with Crippen molar-refractivity contribution in [2.45, 2.75) is 244 Å². The number of aliphatic hydroxyl groups excluding tert-OH is 2. The van der Waals surface area contributed by atoms with Gasteiger partial charge in [-0.25, -0.2) is 0 Å². The van der Waals surface area contributed by atoms with E-state index >= 15 is 0 Å². The van der Waals surface area contributed by atoms with Gasteiger partial charge in [-0.3, -0.25) is 9.59 Å². The minimum atomic E-state index is -0.806. The maximum Gasteiger partial charge on any atom is 0.306 e. The number of amides is 1. The lowest BCUT2D eigenvalue weighted by Crippen LogP contribution is -2.46. The Bertz CT molecular complexity index is 1180. The Labute approximate surface area is 376 Å². The quantitative estimate of drug-likeness (QED) is 0.0246. The van der Waals surface area contributed by atoms with Crippen molar-refractivity contribution in [3.8, 4) is 0 Å². The molecule has 0 aromatic rings. The van der Waals surface area contributed by atoms with Crippen LogP contribution in [0.15, 0.2) is 85.1 Å². The van der Waals surface area contributed by atoms with Crippen molar-refractivity contribution in [1.29, 1.82) is 0 Å². The molecule has 0 aromatic heterocycles. The van der Waals surface area contributed by atoms with Gasteiger partial charge in [0.2, 0.25) is 5.91 Å². The van der Waals surface area contributed by atoms with Crippen LogP contribution in [0.1, 0.15) is 226 Å². The fourth-order valence-corrected chi connectivity index (χ4v) is 7.16. The normalized spacial score (nSPS) is 14.0. The average molecular weight is 850 g/mol. The third-order valence-corrected chi connectivity index (χ3v) is 11.0. The van der Waals surface area contributed by atoms with Crippen LogP contribution in [0.2, 0.25) is 0 Å². The third-order valence-electron chi connectivity index (χ3n) is 11.0. The van der Waals surface area contributed by atoms with Crippen LogP contribution < -0.4 is 5.32 Å². The fraction of sp³-hybridized carbons (Fsp3) is 0.709. The summed E-state index contributed by atoms with van der Waals surface area (Å²) in [6.45, 7) is 6.31. The van der Waals surface area contributed by atoms with E-state index < -0.39 is 18.2 Å². The minimum absolute atomic E-state index is 0.0374. The lowest BCUT2D eigenvalue weighted by Gasteiger charge is -2.24. The molecule has 1 amide bonds. The first-order valence-electron chi connectivity index (χ1n) is 25.3. The van der Waals surface area contributed by atoms with Crippen LogP contribution >= 0.6 is 0 Å². The zero-order valence-electron chi connectivity index (χ0n) is 39.8. The number of allylic oxidation sites excluding steroid dienone is 14. The van der Waals surface area contributed by atoms with E-state index in [0.717, 1.165) is 96.3 Å². The Morgan fingerprint density at radius 2 is 0.934 bits per heavy atom. The van der Waals surface area contributed by atoms with Gasteiger partial charge in [0.15, 0.2) is 0 Å². The molecule has 61 heavy (non-hydrogen) atoms. The van der Waals surface area contributed by atoms with Crippen molar-refractivity contribution in [2.24, 2.45) is 0 Å². The van der Waals surface area contributed by atoms with E-state index in [9.17, 15) is 19.8 Å². The van der Waals surface area contributed by atoms with Gasteiger partial charge in [0.25, 0.3) is 0 Å². The van der Waals surface area contributed by atoms with Crippen LogP contribution in [-0.2, 0) is 14.3 Å². The number of hydrogen-bond acceptors (Lipinski definition) is 5. The standard InChI is InChI=1S/C55H95NO5/c1-4-7-10-13-16-19-22-25-26-27-28-30-33-36-39-42-45-48-55(60)61-51(46-43-40-37-34-31-29-23-20-17-14-11-8-5-2)49-54(59)56-52(50-57)53(58)47-44-41-38-35-32-24-21-18-15-12-9-6-3/h7,10,16-17,19-20,23,25-26,28-30,36,39,51-53,57-58H,4-6,8-9,11-15,18,21-22,24,27,31-35,37-38,40-50H2,1-3H3,(H,56,59)/b10-7-,19-16-,20-17+,26-25-,29-23+,30-28-,39-36-. The first-order valence-corrected chi connectivity index (χ1v) is 25.3. The van der Waals surface area contributed by atoms with Crippen LogP contribution in [0.5, 0.6) is 0 Å². The number of hydrogen-bond donors (Lipinski definition) is 3. The van der Waals surface area contributed by atoms with Gasteiger partial charge in [-0.15, -0.1) is 0 Å². The molecule has 0 rings (SSSR count). The van der Waals surface area contributed by atoms with E-state index in [1.165, 1.54) is 77.0 Å². The second-order valence-corrected chi connectivity index (χ2v) is 16.9. The van der Waals surface area contributed by atoms with Crippen LogP contribution in [0, 0.1) is 0 Å². The molecule has 6 nitrogen and oxygen atoms in total. The predicted molar refractivity (Wildman–Crippen MR) is 264 cm³/mol. The van der Waals surface area contributed by atoms with Crippen LogP contribution in [0.4, 0.5) is 0 Å². The van der Waals surface area contributed by atoms with Crippen molar-refractivity contribution >= 4 is 11.9 Å². The van der Waals surface area contributed by atoms with Crippen LogP contribution in [-0.4, -0.2) is 46.9 Å². The Hall–Kier alpha value is -2.96. The molecule has 0 aromatic carbocycles. The lowest BCUT2D eigenvalue weighted by atomic mass is 10.0. The number of unbranched alkanes of at least 4 members (excludes halogenated alkanes) is 19. The minimum Gasteiger partial charge on any atom is -0.462 e. The number of carbonyl (C=O) groups excluding carboxylic acids is 2. The van der Waals surface area contributed by atoms with E-state index in [0.29, 0.717) is 25.7 Å². The summed E-state index contributed by atoms with van der Waals surface area (Å²) in [5.74, 6) is -0.569. The molecule has 0 fully saturated rings. The molecule has 0 radical (unpaired) electrons. The molecular weight excluding hydrogens is 755 g/mol. The number of ether oxygens (including phenoxy) is 1. The Balaban J connectivity index is 4.72. The van der Waals surface area contributed by atoms with Crippen molar-refractivity contribution < 1.29 is 24.5 Å². The highest BCUT2D eigenvalue weighted by atomic mass is 16.5. The first kappa shape index (κ1) is 58.0. The summed E-state index contributed by atoms with van der Waals surface area (Å²) in [5.41, 5.74) is 0. The molecule has 3 atom stereocenters. The van der Waals surface area contributed by atoms with E-state index in [-0.39, 0.29) is 24.9 Å². The third kappa shape index (κ3) is 43.5. The number of carbonyl (C=O) groups is 2. The molecular formula is C55H95NO5. The van der Waals surface area contributed by atoms with E-state index in [4.69, 9.17) is 4.74 Å². The van der Waals surface area contributed by atoms with Gasteiger partial charge in [0.1, 0.15) is 6.10 Å². The molecule has 0 heterocycles. The number of nitrogens with one attached hydrogen (secondary N) is 1. The van der Waals surface area contributed by atoms with Gasteiger partial charge in [0.05, 0.1) is 25.2 Å². The molecule has 0 spiro atoms. The fourth-order valence-electron chi connectivity index (χ4n) is 7.16. The summed E-state index contributed by atoms with van der Waals surface area (Å²) in [6.07, 6.45) is 62.1. The van der Waals surface area contributed by atoms with Crippen molar-refractivity contribution in [3.05, 3.63) is 85.1 Å². The molecule has 3 unspecified atom stereocenters. The second kappa shape index (κ2) is 48.1. The summed E-state index contributed by atoms with van der Waals surface area (Å²) in [5, 5.41) is 23.7. The highest BCUT2D eigenvalue weighted by Gasteiger charge is 2.24. The molecule has 6 heteroatoms. The molecule has 0 saturated carbocycles. The van der Waals surface area contributed by atoms with Gasteiger partial charge in [-0.2, -0.15) is 0 Å². The lowest BCUT2D eigenvalue weighted by molar-refractivity contribution is -0.151. The van der Waals surface area contributed by atoms with Gasteiger partial charge >= 0.3 is 5.97 Å². The van der Waals surface area contributed by atoms with Gasteiger partial charge in [-0.1, -0.05) is 209 Å². The van der Waals surface area contributed by atoms with Crippen LogP contribution in [0.3, 0.4) is 0 Å². The molecule has 3 N–H and O–H groups in total. The van der Waals surface area contributed by atoms with E-state index in [1.54, 1.807) is 0 Å². The first-order chi connectivity index (χ1) is 30.0. The second-order valence-electron chi connectivity index (χ2n) is 16.9. The zero-order valence-corrected chi connectivity index (χ0v) is 39.8. The van der Waals surface area contributed by atoms with Gasteiger partial charge in [-0.05, 0) is 89.9 Å². The van der Waals surface area contributed by atoms with Crippen LogP contribution in [0.25, 0.3) is 0 Å². The zero-order chi connectivity index (χ0) is 44.5. The Morgan fingerprint density at radius 1 is 0.508 bits per heavy atom. The highest BCUT2D eigenvalue weighted by molar-refractivity contribution is 5.77. The predicted octanol–water partition coefficient (Wildman–Crippen LogP) is 15.2. The van der Waals surface area contributed by atoms with Crippen molar-refractivity contribution in [3.63, 3.8) is 0 Å². The average Bonchev–Trinajstić information content (AvgIpc) is 3.25. The summed E-state index contributed by atoms with van der Waals surface area (Å²) in [6, 6.07) is -0.723. The van der Waals surface area contributed by atoms with Crippen molar-refractivity contribution in [2.75, 3.05) is 6.61 Å². The number of esters is 1. The SMILES string of the molecule is CC/C=C\C/C=C\C/C=C\C/C=C\C/C=C\CCCC(=O)OC(CCCCCC/C=C/C=C/CCCCC)CC(=O)NC(CO)C(O)CCCCCCCCCCCCCC. The van der Waals surface area contributed by atoms with Crippen molar-refractivity contribution in [1.82, 2.24) is 5.32 Å². The topological polar surface area (TPSA) is 95.9 Å². The smallest absolute Gasteiger partial charge is 0.306 e. The monoisotopic (exact) mass is 850 g/mol. The summed E-state index contributed by atoms with van der Waals surface area (Å²) in [4.78, 5) is 26.1. The summed E-state index contributed by atoms with van der Waals surface area (Å²) >= 11 is 0. The largest absolute Gasteiger partial charge is 0.462 e. The van der Waals surface area contributed by atoms with Gasteiger partial charge in [0, 0.05) is 6.42 Å². The maximum atomic E-state index is 13.2. The Kier molecular flexibility index (Phi) is 45.7.